The molecule has 0 bridgehead atoms. The molecule has 2 saturated heterocycles. The normalized spacial score (nSPS) is 26.8. The van der Waals surface area contributed by atoms with E-state index < -0.39 is 11.7 Å². The summed E-state index contributed by atoms with van der Waals surface area (Å²) < 4.78 is 39.8. The molecule has 2 fully saturated rings. The Hall–Kier alpha value is -0.750. The van der Waals surface area contributed by atoms with Crippen molar-refractivity contribution in [3.05, 3.63) is 28.2 Å². The maximum atomic E-state index is 13.1. The summed E-state index contributed by atoms with van der Waals surface area (Å²) in [5.74, 6) is 0.953. The predicted molar refractivity (Wildman–Crippen MR) is 71.2 cm³/mol. The van der Waals surface area contributed by atoms with Crippen LogP contribution in [0.25, 0.3) is 0 Å². The molecule has 1 aromatic carbocycles. The topological polar surface area (TPSA) is 15.3 Å². The monoisotopic (exact) mass is 334 g/mol. The van der Waals surface area contributed by atoms with Crippen molar-refractivity contribution in [3.63, 3.8) is 0 Å². The van der Waals surface area contributed by atoms with Crippen molar-refractivity contribution in [2.24, 2.45) is 11.8 Å². The molecule has 0 saturated carbocycles. The van der Waals surface area contributed by atoms with E-state index in [9.17, 15) is 13.2 Å². The summed E-state index contributed by atoms with van der Waals surface area (Å²) >= 11 is 3.12. The van der Waals surface area contributed by atoms with Gasteiger partial charge in [-0.15, -0.1) is 0 Å². The number of halogens is 4. The number of benzene rings is 1. The molecular weight excluding hydrogens is 321 g/mol. The molecule has 2 unspecified atom stereocenters. The van der Waals surface area contributed by atoms with Crippen molar-refractivity contribution in [3.8, 4) is 0 Å². The molecule has 0 radical (unpaired) electrons. The van der Waals surface area contributed by atoms with Crippen LogP contribution in [0.5, 0.6) is 0 Å². The van der Waals surface area contributed by atoms with Gasteiger partial charge in [-0.25, -0.2) is 0 Å². The van der Waals surface area contributed by atoms with Gasteiger partial charge in [0.2, 0.25) is 0 Å². The van der Waals surface area contributed by atoms with E-state index in [-0.39, 0.29) is 0 Å². The Labute approximate surface area is 118 Å². The van der Waals surface area contributed by atoms with Gasteiger partial charge in [-0.05, 0) is 30.0 Å². The van der Waals surface area contributed by atoms with Gasteiger partial charge in [0.25, 0.3) is 0 Å². The van der Waals surface area contributed by atoms with Gasteiger partial charge in [-0.1, -0.05) is 15.9 Å². The van der Waals surface area contributed by atoms with Crippen molar-refractivity contribution < 1.29 is 13.2 Å². The Kier molecular flexibility index (Phi) is 3.25. The van der Waals surface area contributed by atoms with Gasteiger partial charge in [-0.3, -0.25) is 0 Å². The number of anilines is 1. The van der Waals surface area contributed by atoms with Crippen LogP contribution in [-0.4, -0.2) is 26.2 Å². The van der Waals surface area contributed by atoms with Gasteiger partial charge < -0.3 is 10.2 Å². The molecule has 2 nitrogen and oxygen atoms in total. The lowest BCUT2D eigenvalue weighted by Gasteiger charge is -2.24. The predicted octanol–water partition coefficient (Wildman–Crippen LogP) is 3.12. The third kappa shape index (κ3) is 2.48. The van der Waals surface area contributed by atoms with Crippen LogP contribution in [0.1, 0.15) is 5.56 Å². The molecule has 2 heterocycles. The van der Waals surface area contributed by atoms with Crippen LogP contribution in [0, 0.1) is 11.8 Å². The van der Waals surface area contributed by atoms with Gasteiger partial charge in [0.1, 0.15) is 0 Å². The van der Waals surface area contributed by atoms with E-state index in [0.29, 0.717) is 35.1 Å². The number of hydrogen-bond donors (Lipinski definition) is 1. The molecule has 104 valence electrons. The highest BCUT2D eigenvalue weighted by atomic mass is 79.9. The summed E-state index contributed by atoms with van der Waals surface area (Å²) in [6, 6.07) is 4.42. The van der Waals surface area contributed by atoms with Crippen LogP contribution in [0.2, 0.25) is 0 Å². The maximum absolute atomic E-state index is 13.1. The number of alkyl halides is 3. The number of nitrogens with zero attached hydrogens (tertiary/aromatic N) is 1. The maximum Gasteiger partial charge on any atom is 0.418 e. The summed E-state index contributed by atoms with van der Waals surface area (Å²) in [7, 11) is 0. The molecule has 0 spiro atoms. The van der Waals surface area contributed by atoms with Crippen LogP contribution in [0.4, 0.5) is 18.9 Å². The molecule has 2 aliphatic heterocycles. The van der Waals surface area contributed by atoms with E-state index in [1.807, 2.05) is 4.90 Å². The lowest BCUT2D eigenvalue weighted by molar-refractivity contribution is -0.137. The Morgan fingerprint density at radius 3 is 2.37 bits per heavy atom. The molecular formula is C13H14BrF3N2. The standard InChI is InChI=1S/C13H14BrF3N2/c14-10-1-2-12(11(3-10)13(15,16)17)19-6-8-4-18-5-9(8)7-19/h1-3,8-9,18H,4-7H2. The molecule has 2 aliphatic rings. The molecule has 19 heavy (non-hydrogen) atoms. The summed E-state index contributed by atoms with van der Waals surface area (Å²) in [6.45, 7) is 3.25. The third-order valence-electron chi connectivity index (χ3n) is 3.99. The SMILES string of the molecule is FC(F)(F)c1cc(Br)ccc1N1CC2CNCC2C1. The second kappa shape index (κ2) is 4.66. The number of fused-ring (bicyclic) bond motifs is 1. The molecule has 2 atom stereocenters. The van der Waals surface area contributed by atoms with Gasteiger partial charge >= 0.3 is 6.18 Å². The third-order valence-corrected chi connectivity index (χ3v) is 4.49. The number of hydrogen-bond acceptors (Lipinski definition) is 2. The van der Waals surface area contributed by atoms with E-state index in [2.05, 4.69) is 21.2 Å². The summed E-state index contributed by atoms with van der Waals surface area (Å²) in [4.78, 5) is 1.88. The first kappa shape index (κ1) is 13.2. The van der Waals surface area contributed by atoms with Gasteiger partial charge in [0.05, 0.1) is 5.56 Å². The fourth-order valence-electron chi connectivity index (χ4n) is 3.06. The molecule has 1 aromatic rings. The molecule has 0 amide bonds. The minimum absolute atomic E-state index is 0.310. The van der Waals surface area contributed by atoms with Gasteiger partial charge in [0, 0.05) is 36.3 Å². The largest absolute Gasteiger partial charge is 0.418 e. The minimum Gasteiger partial charge on any atom is -0.370 e. The fourth-order valence-corrected chi connectivity index (χ4v) is 3.42. The Morgan fingerprint density at radius 2 is 1.79 bits per heavy atom. The first-order valence-corrected chi connectivity index (χ1v) is 7.07. The lowest BCUT2D eigenvalue weighted by atomic mass is 10.0. The second-order valence-electron chi connectivity index (χ2n) is 5.24. The number of rotatable bonds is 1. The fraction of sp³-hybridized carbons (Fsp3) is 0.538. The van der Waals surface area contributed by atoms with Crippen LogP contribution in [-0.2, 0) is 6.18 Å². The smallest absolute Gasteiger partial charge is 0.370 e. The van der Waals surface area contributed by atoms with E-state index in [1.54, 1.807) is 12.1 Å². The van der Waals surface area contributed by atoms with Crippen LogP contribution >= 0.6 is 15.9 Å². The van der Waals surface area contributed by atoms with E-state index in [1.165, 1.54) is 6.07 Å². The molecule has 6 heteroatoms. The van der Waals surface area contributed by atoms with Crippen LogP contribution < -0.4 is 10.2 Å². The van der Waals surface area contributed by atoms with E-state index in [0.717, 1.165) is 13.1 Å². The Morgan fingerprint density at radius 1 is 1.16 bits per heavy atom. The molecule has 3 rings (SSSR count). The van der Waals surface area contributed by atoms with Crippen LogP contribution in [0.3, 0.4) is 0 Å². The first-order valence-electron chi connectivity index (χ1n) is 6.27. The molecule has 0 aromatic heterocycles. The molecule has 0 aliphatic carbocycles. The quantitative estimate of drug-likeness (QED) is 0.848. The Bertz CT molecular complexity index is 477. The highest BCUT2D eigenvalue weighted by molar-refractivity contribution is 9.10. The van der Waals surface area contributed by atoms with Crippen molar-refractivity contribution in [1.82, 2.24) is 5.32 Å². The highest BCUT2D eigenvalue weighted by Crippen LogP contribution is 2.41. The summed E-state index contributed by atoms with van der Waals surface area (Å²) in [6.07, 6.45) is -4.31. The second-order valence-corrected chi connectivity index (χ2v) is 6.16. The van der Waals surface area contributed by atoms with Gasteiger partial charge in [0.15, 0.2) is 0 Å². The first-order chi connectivity index (χ1) is 8.95. The van der Waals surface area contributed by atoms with Gasteiger partial charge in [-0.2, -0.15) is 13.2 Å². The van der Waals surface area contributed by atoms with Crippen molar-refractivity contribution >= 4 is 21.6 Å². The minimum atomic E-state index is -4.31. The van der Waals surface area contributed by atoms with Crippen molar-refractivity contribution in [1.29, 1.82) is 0 Å². The highest BCUT2D eigenvalue weighted by Gasteiger charge is 2.40. The van der Waals surface area contributed by atoms with Crippen molar-refractivity contribution in [2.75, 3.05) is 31.1 Å². The summed E-state index contributed by atoms with van der Waals surface area (Å²) in [5, 5.41) is 3.29. The number of nitrogens with one attached hydrogen (secondary N) is 1. The summed E-state index contributed by atoms with van der Waals surface area (Å²) in [5.41, 5.74) is -0.236. The lowest BCUT2D eigenvalue weighted by Crippen LogP contribution is -2.27. The van der Waals surface area contributed by atoms with Crippen molar-refractivity contribution in [2.45, 2.75) is 6.18 Å². The van der Waals surface area contributed by atoms with E-state index >= 15 is 0 Å². The zero-order valence-corrected chi connectivity index (χ0v) is 11.8. The Balaban J connectivity index is 1.93. The zero-order chi connectivity index (χ0) is 13.6. The zero-order valence-electron chi connectivity index (χ0n) is 10.2. The average molecular weight is 335 g/mol. The van der Waals surface area contributed by atoms with Crippen LogP contribution in [0.15, 0.2) is 22.7 Å². The average Bonchev–Trinajstić information content (AvgIpc) is 2.87. The van der Waals surface area contributed by atoms with E-state index in [4.69, 9.17) is 0 Å². The molecule has 1 N–H and O–H groups in total.